The van der Waals surface area contributed by atoms with E-state index < -0.39 is 30.0 Å². The van der Waals surface area contributed by atoms with Gasteiger partial charge < -0.3 is 25.3 Å². The maximum absolute atomic E-state index is 12.5. The number of carbonyl (C=O) groups is 1. The normalized spacial score (nSPS) is 12.9. The molecule has 2 aromatic carbocycles. The van der Waals surface area contributed by atoms with E-state index in [-0.39, 0.29) is 29.6 Å². The summed E-state index contributed by atoms with van der Waals surface area (Å²) < 4.78 is 37.5. The van der Waals surface area contributed by atoms with Crippen LogP contribution in [0.1, 0.15) is 32.4 Å². The minimum atomic E-state index is -3.78. The van der Waals surface area contributed by atoms with E-state index in [4.69, 9.17) is 14.9 Å². The Bertz CT molecular complexity index is 1080. The number of ether oxygens (including phenoxy) is 1. The number of phenols is 1. The van der Waals surface area contributed by atoms with Gasteiger partial charge in [0.1, 0.15) is 16.4 Å². The van der Waals surface area contributed by atoms with Gasteiger partial charge in [0, 0.05) is 22.8 Å². The van der Waals surface area contributed by atoms with Crippen LogP contribution in [-0.2, 0) is 19.1 Å². The van der Waals surface area contributed by atoms with Crippen molar-refractivity contribution >= 4 is 45.7 Å². The number of hydrogen-bond acceptors (Lipinski definition) is 7. The lowest BCUT2D eigenvalue weighted by Crippen LogP contribution is -2.41. The summed E-state index contributed by atoms with van der Waals surface area (Å²) in [4.78, 5) is 12.2. The highest BCUT2D eigenvalue weighted by Gasteiger charge is 2.34. The molecule has 4 N–H and O–H groups in total. The Kier molecular flexibility index (Phi) is 9.98. The third-order valence-electron chi connectivity index (χ3n) is 5.92. The molecule has 0 radical (unpaired) electrons. The molecule has 0 aliphatic rings. The first-order chi connectivity index (χ1) is 16.0. The van der Waals surface area contributed by atoms with E-state index >= 15 is 0 Å². The van der Waals surface area contributed by atoms with E-state index in [2.05, 4.69) is 42.0 Å². The monoisotopic (exact) mass is 572 g/mol. The summed E-state index contributed by atoms with van der Waals surface area (Å²) in [6.45, 7) is 6.11. The van der Waals surface area contributed by atoms with Crippen molar-refractivity contribution < 1.29 is 27.5 Å². The number of hydrogen-bond donors (Lipinski definition) is 3. The summed E-state index contributed by atoms with van der Waals surface area (Å²) in [5.74, 6) is -0.213. The summed E-state index contributed by atoms with van der Waals surface area (Å²) in [6.07, 6.45) is 0.312. The van der Waals surface area contributed by atoms with Gasteiger partial charge in [0.05, 0.1) is 11.8 Å². The minimum absolute atomic E-state index is 0.0703. The standard InChI is InChI=1S/C23H33BrN2O6SSi/c1-5-34(6-2,7-3)32-20(18-12-13-19(27)23(22(18)25)33(4,29)30)14-26-21(28)15-31-17-10-8-16(24)9-11-17/h8-13,20,27H,5-7,14-15,25H2,1-4H3,(H,26,28). The van der Waals surface area contributed by atoms with Gasteiger partial charge in [-0.2, -0.15) is 0 Å². The second-order valence-electron chi connectivity index (χ2n) is 8.09. The topological polar surface area (TPSA) is 128 Å². The Morgan fingerprint density at radius 1 is 1.12 bits per heavy atom. The van der Waals surface area contributed by atoms with E-state index in [1.807, 2.05) is 12.1 Å². The number of anilines is 1. The average molecular weight is 574 g/mol. The molecule has 1 atom stereocenters. The second-order valence-corrected chi connectivity index (χ2v) is 15.7. The summed E-state index contributed by atoms with van der Waals surface area (Å²) in [5, 5.41) is 13.0. The summed E-state index contributed by atoms with van der Waals surface area (Å²) >= 11 is 3.35. The number of phenolic OH excluding ortho intramolecular Hbond substituents is 1. The Hall–Kier alpha value is -2.08. The number of halogens is 1. The number of aromatic hydroxyl groups is 1. The number of nitrogens with one attached hydrogen (secondary N) is 1. The molecule has 2 aromatic rings. The third kappa shape index (κ3) is 7.21. The molecule has 0 aromatic heterocycles. The molecule has 0 spiro atoms. The van der Waals surface area contributed by atoms with Gasteiger partial charge in [-0.25, -0.2) is 8.42 Å². The lowest BCUT2D eigenvalue weighted by molar-refractivity contribution is -0.123. The van der Waals surface area contributed by atoms with Crippen molar-refractivity contribution in [1.82, 2.24) is 5.32 Å². The van der Waals surface area contributed by atoms with Gasteiger partial charge in [0.15, 0.2) is 24.8 Å². The smallest absolute Gasteiger partial charge is 0.258 e. The SMILES string of the molecule is CC[Si](CC)(CC)OC(CNC(=O)COc1ccc(Br)cc1)c1ccc(O)c(S(C)(=O)=O)c1N. The summed E-state index contributed by atoms with van der Waals surface area (Å²) in [7, 11) is -5.95. The molecule has 0 aliphatic heterocycles. The van der Waals surface area contributed by atoms with Crippen LogP contribution >= 0.6 is 15.9 Å². The maximum atomic E-state index is 12.5. The highest BCUT2D eigenvalue weighted by Crippen LogP contribution is 2.38. The molecule has 1 unspecified atom stereocenters. The molecule has 34 heavy (non-hydrogen) atoms. The Morgan fingerprint density at radius 2 is 1.71 bits per heavy atom. The predicted molar refractivity (Wildman–Crippen MR) is 139 cm³/mol. The van der Waals surface area contributed by atoms with Gasteiger partial charge in [-0.3, -0.25) is 4.79 Å². The van der Waals surface area contributed by atoms with Crippen LogP contribution in [0.25, 0.3) is 0 Å². The van der Waals surface area contributed by atoms with Crippen molar-refractivity contribution in [1.29, 1.82) is 0 Å². The Labute approximate surface area is 211 Å². The predicted octanol–water partition coefficient (Wildman–Crippen LogP) is 4.40. The molecular weight excluding hydrogens is 540 g/mol. The number of nitrogen functional groups attached to an aromatic ring is 1. The van der Waals surface area contributed by atoms with Crippen LogP contribution in [0.2, 0.25) is 18.1 Å². The Balaban J connectivity index is 2.28. The molecule has 1 amide bonds. The van der Waals surface area contributed by atoms with Gasteiger partial charge in [-0.15, -0.1) is 0 Å². The minimum Gasteiger partial charge on any atom is -0.507 e. The molecule has 0 bridgehead atoms. The zero-order valence-corrected chi connectivity index (χ0v) is 23.3. The number of nitrogens with two attached hydrogens (primary N) is 1. The molecule has 0 saturated carbocycles. The highest BCUT2D eigenvalue weighted by atomic mass is 79.9. The van der Waals surface area contributed by atoms with Crippen molar-refractivity contribution in [3.8, 4) is 11.5 Å². The molecular formula is C23H33BrN2O6SSi. The number of benzene rings is 2. The lowest BCUT2D eigenvalue weighted by atomic mass is 10.1. The van der Waals surface area contributed by atoms with Crippen LogP contribution < -0.4 is 15.8 Å². The van der Waals surface area contributed by atoms with Gasteiger partial charge >= 0.3 is 0 Å². The Morgan fingerprint density at radius 3 is 2.24 bits per heavy atom. The zero-order valence-electron chi connectivity index (χ0n) is 19.9. The van der Waals surface area contributed by atoms with E-state index in [0.717, 1.165) is 28.9 Å². The fourth-order valence-electron chi connectivity index (χ4n) is 3.73. The van der Waals surface area contributed by atoms with Gasteiger partial charge in [0.2, 0.25) is 0 Å². The first-order valence-corrected chi connectivity index (χ1v) is 16.3. The number of rotatable bonds is 12. The molecule has 11 heteroatoms. The molecule has 0 heterocycles. The molecule has 188 valence electrons. The zero-order chi connectivity index (χ0) is 25.5. The first kappa shape index (κ1) is 28.2. The van der Waals surface area contributed by atoms with Crippen molar-refractivity contribution in [3.63, 3.8) is 0 Å². The quantitative estimate of drug-likeness (QED) is 0.254. The largest absolute Gasteiger partial charge is 0.507 e. The third-order valence-corrected chi connectivity index (χ3v) is 12.3. The second kappa shape index (κ2) is 12.1. The molecule has 2 rings (SSSR count). The van der Waals surface area contributed by atoms with Crippen molar-refractivity contribution in [2.75, 3.05) is 25.1 Å². The van der Waals surface area contributed by atoms with Crippen molar-refractivity contribution in [3.05, 3.63) is 46.4 Å². The van der Waals surface area contributed by atoms with Crippen LogP contribution in [0.4, 0.5) is 5.69 Å². The number of carbonyl (C=O) groups excluding carboxylic acids is 1. The van der Waals surface area contributed by atoms with E-state index in [0.29, 0.717) is 11.3 Å². The summed E-state index contributed by atoms with van der Waals surface area (Å²) in [6, 6.07) is 12.5. The van der Waals surface area contributed by atoms with E-state index in [1.165, 1.54) is 6.07 Å². The highest BCUT2D eigenvalue weighted by molar-refractivity contribution is 9.10. The first-order valence-electron chi connectivity index (χ1n) is 11.1. The fourth-order valence-corrected chi connectivity index (χ4v) is 7.77. The number of sulfone groups is 1. The maximum Gasteiger partial charge on any atom is 0.258 e. The molecule has 0 saturated heterocycles. The average Bonchev–Trinajstić information content (AvgIpc) is 2.79. The van der Waals surface area contributed by atoms with Crippen LogP contribution in [0.15, 0.2) is 45.8 Å². The molecule has 8 nitrogen and oxygen atoms in total. The van der Waals surface area contributed by atoms with E-state index in [9.17, 15) is 18.3 Å². The van der Waals surface area contributed by atoms with Crippen LogP contribution in [0.5, 0.6) is 11.5 Å². The van der Waals surface area contributed by atoms with Crippen LogP contribution in [0, 0.1) is 0 Å². The van der Waals surface area contributed by atoms with Gasteiger partial charge in [-0.1, -0.05) is 42.8 Å². The molecule has 0 fully saturated rings. The van der Waals surface area contributed by atoms with E-state index in [1.54, 1.807) is 18.2 Å². The molecule has 0 aliphatic carbocycles. The fraction of sp³-hybridized carbons (Fsp3) is 0.435. The number of amides is 1. The van der Waals surface area contributed by atoms with Crippen molar-refractivity contribution in [2.45, 2.75) is 49.9 Å². The van der Waals surface area contributed by atoms with Crippen LogP contribution in [0.3, 0.4) is 0 Å². The summed E-state index contributed by atoms with van der Waals surface area (Å²) in [5.41, 5.74) is 6.57. The van der Waals surface area contributed by atoms with Gasteiger partial charge in [0.25, 0.3) is 5.91 Å². The van der Waals surface area contributed by atoms with Gasteiger partial charge in [-0.05, 0) is 48.5 Å². The lowest BCUT2D eigenvalue weighted by Gasteiger charge is -2.34. The van der Waals surface area contributed by atoms with Crippen LogP contribution in [-0.4, -0.2) is 47.2 Å². The van der Waals surface area contributed by atoms with Crippen molar-refractivity contribution in [2.24, 2.45) is 0 Å².